The van der Waals surface area contributed by atoms with E-state index in [1.54, 1.807) is 0 Å². The molecule has 4 nitrogen and oxygen atoms in total. The van der Waals surface area contributed by atoms with Crippen molar-refractivity contribution in [2.45, 2.75) is 238 Å². The van der Waals surface area contributed by atoms with Gasteiger partial charge in [-0.3, -0.25) is 9.59 Å². The number of carbonyl (C=O) groups excluding carboxylic acids is 1. The van der Waals surface area contributed by atoms with Crippen molar-refractivity contribution in [1.82, 2.24) is 0 Å². The second kappa shape index (κ2) is 38.9. The Balaban J connectivity index is 4.03. The van der Waals surface area contributed by atoms with E-state index < -0.39 is 5.97 Å². The minimum absolute atomic E-state index is 0.00740. The number of hydrogen-bond acceptors (Lipinski definition) is 3. The molecule has 0 heterocycles. The van der Waals surface area contributed by atoms with Crippen molar-refractivity contribution in [2.24, 2.45) is 0 Å². The van der Waals surface area contributed by atoms with Crippen molar-refractivity contribution in [2.75, 3.05) is 0 Å². The highest BCUT2D eigenvalue weighted by atomic mass is 16.5. The Morgan fingerprint density at radius 3 is 1.34 bits per heavy atom. The minimum Gasteiger partial charge on any atom is -0.481 e. The molecule has 0 spiro atoms. The molecule has 0 aliphatic rings. The zero-order valence-electron chi connectivity index (χ0n) is 31.6. The van der Waals surface area contributed by atoms with Gasteiger partial charge in [-0.2, -0.15) is 0 Å². The van der Waals surface area contributed by atoms with Crippen LogP contribution in [0.3, 0.4) is 0 Å². The average Bonchev–Trinajstić information content (AvgIpc) is 3.05. The van der Waals surface area contributed by atoms with Gasteiger partial charge in [0.2, 0.25) is 0 Å². The molecule has 0 amide bonds. The molecule has 0 aliphatic carbocycles. The molecule has 4 heteroatoms. The zero-order valence-corrected chi connectivity index (χ0v) is 31.6. The third kappa shape index (κ3) is 38.7. The smallest absolute Gasteiger partial charge is 0.306 e. The molecule has 1 unspecified atom stereocenters. The van der Waals surface area contributed by atoms with Gasteiger partial charge in [-0.15, -0.1) is 0 Å². The number of ether oxygens (including phenoxy) is 1. The highest BCUT2D eigenvalue weighted by Crippen LogP contribution is 2.19. The lowest BCUT2D eigenvalue weighted by molar-refractivity contribution is -0.150. The molecular weight excluding hydrogens is 580 g/mol. The highest BCUT2D eigenvalue weighted by Gasteiger charge is 2.14. The van der Waals surface area contributed by atoms with Crippen LogP contribution in [0.4, 0.5) is 0 Å². The summed E-state index contributed by atoms with van der Waals surface area (Å²) in [5, 5.41) is 8.83. The van der Waals surface area contributed by atoms with Crippen LogP contribution in [0.15, 0.2) is 24.3 Å². The predicted molar refractivity (Wildman–Crippen MR) is 204 cm³/mol. The maximum absolute atomic E-state index is 12.7. The molecule has 0 saturated heterocycles. The number of esters is 1. The van der Waals surface area contributed by atoms with E-state index >= 15 is 0 Å². The first-order chi connectivity index (χ1) is 23.1. The summed E-state index contributed by atoms with van der Waals surface area (Å²) in [5.41, 5.74) is 0. The number of hydrogen-bond donors (Lipinski definition) is 1. The average molecular weight is 661 g/mol. The number of aliphatic carboxylic acids is 1. The summed E-state index contributed by atoms with van der Waals surface area (Å²) in [4.78, 5) is 23.4. The van der Waals surface area contributed by atoms with Crippen LogP contribution >= 0.6 is 0 Å². The Bertz CT molecular complexity index is 713. The number of rotatable bonds is 38. The summed E-state index contributed by atoms with van der Waals surface area (Å²) >= 11 is 0. The van der Waals surface area contributed by atoms with Crippen molar-refractivity contribution in [3.8, 4) is 0 Å². The van der Waals surface area contributed by atoms with Gasteiger partial charge in [0.05, 0.1) is 0 Å². The van der Waals surface area contributed by atoms with Crippen LogP contribution in [0.5, 0.6) is 0 Å². The van der Waals surface area contributed by atoms with Crippen LogP contribution in [-0.4, -0.2) is 23.1 Å². The van der Waals surface area contributed by atoms with Crippen molar-refractivity contribution in [3.63, 3.8) is 0 Å². The molecule has 0 radical (unpaired) electrons. The minimum atomic E-state index is -0.700. The molecule has 0 aromatic heterocycles. The molecule has 1 atom stereocenters. The summed E-state index contributed by atoms with van der Waals surface area (Å²) in [6, 6.07) is 0. The van der Waals surface area contributed by atoms with Gasteiger partial charge in [-0.1, -0.05) is 179 Å². The molecule has 0 aliphatic heterocycles. The van der Waals surface area contributed by atoms with Gasteiger partial charge in [0.1, 0.15) is 6.10 Å². The standard InChI is InChI=1S/C43H80O4/c1-3-5-7-9-11-13-15-17-18-19-21-22-24-26-29-33-37-41(38-34-30-28-31-35-39-42(44)45)47-43(46)40-36-32-27-25-23-20-16-14-12-10-8-6-4-2/h8,10,14,16,41H,3-7,9,11-13,15,17-40H2,1-2H3,(H,44,45)/b10-8-,16-14-. The van der Waals surface area contributed by atoms with Crippen LogP contribution in [0.2, 0.25) is 0 Å². The Morgan fingerprint density at radius 2 is 0.872 bits per heavy atom. The van der Waals surface area contributed by atoms with Gasteiger partial charge in [-0.25, -0.2) is 0 Å². The molecule has 47 heavy (non-hydrogen) atoms. The molecule has 0 aromatic rings. The third-order valence-corrected chi connectivity index (χ3v) is 9.41. The van der Waals surface area contributed by atoms with Crippen LogP contribution < -0.4 is 0 Å². The molecule has 0 aromatic carbocycles. The van der Waals surface area contributed by atoms with Crippen molar-refractivity contribution < 1.29 is 19.4 Å². The largest absolute Gasteiger partial charge is 0.481 e. The van der Waals surface area contributed by atoms with E-state index in [9.17, 15) is 9.59 Å². The lowest BCUT2D eigenvalue weighted by Crippen LogP contribution is -2.18. The Morgan fingerprint density at radius 1 is 0.468 bits per heavy atom. The molecule has 1 N–H and O–H groups in total. The van der Waals surface area contributed by atoms with Crippen LogP contribution in [0, 0.1) is 0 Å². The van der Waals surface area contributed by atoms with Crippen LogP contribution in [0.1, 0.15) is 232 Å². The van der Waals surface area contributed by atoms with Gasteiger partial charge in [-0.05, 0) is 64.2 Å². The summed E-state index contributed by atoms with van der Waals surface area (Å²) < 4.78 is 6.01. The topological polar surface area (TPSA) is 63.6 Å². The second-order valence-corrected chi connectivity index (χ2v) is 14.2. The first kappa shape index (κ1) is 45.4. The first-order valence-electron chi connectivity index (χ1n) is 20.8. The van der Waals surface area contributed by atoms with Gasteiger partial charge in [0.15, 0.2) is 0 Å². The highest BCUT2D eigenvalue weighted by molar-refractivity contribution is 5.69. The zero-order chi connectivity index (χ0) is 34.3. The fraction of sp³-hybridized carbons (Fsp3) is 0.860. The lowest BCUT2D eigenvalue weighted by atomic mass is 10.0. The summed E-state index contributed by atoms with van der Waals surface area (Å²) in [6.45, 7) is 4.50. The lowest BCUT2D eigenvalue weighted by Gasteiger charge is -2.18. The van der Waals surface area contributed by atoms with E-state index in [-0.39, 0.29) is 18.5 Å². The molecular formula is C43H80O4. The number of carboxylic acids is 1. The van der Waals surface area contributed by atoms with E-state index in [0.717, 1.165) is 77.0 Å². The fourth-order valence-corrected chi connectivity index (χ4v) is 6.34. The van der Waals surface area contributed by atoms with E-state index in [4.69, 9.17) is 9.84 Å². The monoisotopic (exact) mass is 661 g/mol. The summed E-state index contributed by atoms with van der Waals surface area (Å²) in [7, 11) is 0. The second-order valence-electron chi connectivity index (χ2n) is 14.2. The number of carbonyl (C=O) groups is 2. The van der Waals surface area contributed by atoms with Crippen LogP contribution in [-0.2, 0) is 14.3 Å². The number of carboxylic acid groups (broad SMARTS) is 1. The van der Waals surface area contributed by atoms with Gasteiger partial charge < -0.3 is 9.84 Å². The SMILES string of the molecule is CCC/C=C\C/C=C\CCCCCCCC(=O)OC(CCCCCCCCCCCCCCCCCC)CCCCCCCC(=O)O. The van der Waals surface area contributed by atoms with E-state index in [2.05, 4.69) is 38.2 Å². The molecule has 0 rings (SSSR count). The molecule has 276 valence electrons. The van der Waals surface area contributed by atoms with E-state index in [0.29, 0.717) is 6.42 Å². The predicted octanol–water partition coefficient (Wildman–Crippen LogP) is 14.4. The fourth-order valence-electron chi connectivity index (χ4n) is 6.34. The Kier molecular flexibility index (Phi) is 37.6. The van der Waals surface area contributed by atoms with Crippen molar-refractivity contribution in [1.29, 1.82) is 0 Å². The van der Waals surface area contributed by atoms with E-state index in [1.165, 1.54) is 128 Å². The summed E-state index contributed by atoms with van der Waals surface area (Å²) in [5.74, 6) is -0.707. The molecule has 0 bridgehead atoms. The third-order valence-electron chi connectivity index (χ3n) is 9.41. The Labute approximate surface area is 293 Å². The number of unbranched alkanes of at least 4 members (excludes halogenated alkanes) is 25. The maximum Gasteiger partial charge on any atom is 0.306 e. The van der Waals surface area contributed by atoms with Gasteiger partial charge >= 0.3 is 11.9 Å². The maximum atomic E-state index is 12.7. The molecule has 0 fully saturated rings. The summed E-state index contributed by atoms with van der Waals surface area (Å²) in [6.07, 6.45) is 49.1. The quantitative estimate of drug-likeness (QED) is 0.0407. The Hall–Kier alpha value is -1.58. The van der Waals surface area contributed by atoms with Gasteiger partial charge in [0, 0.05) is 12.8 Å². The normalized spacial score (nSPS) is 12.4. The van der Waals surface area contributed by atoms with E-state index in [1.807, 2.05) is 0 Å². The van der Waals surface area contributed by atoms with Crippen LogP contribution in [0.25, 0.3) is 0 Å². The molecule has 0 saturated carbocycles. The first-order valence-corrected chi connectivity index (χ1v) is 20.8. The van der Waals surface area contributed by atoms with Crippen molar-refractivity contribution in [3.05, 3.63) is 24.3 Å². The van der Waals surface area contributed by atoms with Gasteiger partial charge in [0.25, 0.3) is 0 Å². The number of allylic oxidation sites excluding steroid dienone is 4. The van der Waals surface area contributed by atoms with Crippen molar-refractivity contribution >= 4 is 11.9 Å².